The molecular formula is C36H47N5O9. The highest BCUT2D eigenvalue weighted by Crippen LogP contribution is 2.33. The quantitative estimate of drug-likeness (QED) is 0.133. The summed E-state index contributed by atoms with van der Waals surface area (Å²) in [4.78, 5) is 80.8. The lowest BCUT2D eigenvalue weighted by Crippen LogP contribution is -2.64. The van der Waals surface area contributed by atoms with E-state index in [1.165, 1.54) is 0 Å². The van der Waals surface area contributed by atoms with Crippen molar-refractivity contribution in [2.45, 2.75) is 88.7 Å². The maximum atomic E-state index is 14.2. The van der Waals surface area contributed by atoms with Gasteiger partial charge in [0.25, 0.3) is 0 Å². The van der Waals surface area contributed by atoms with Gasteiger partial charge in [0, 0.05) is 13.0 Å². The number of esters is 1. The van der Waals surface area contributed by atoms with Gasteiger partial charge in [-0.15, -0.1) is 0 Å². The number of amides is 4. The lowest BCUT2D eigenvalue weighted by atomic mass is 9.95. The average Bonchev–Trinajstić information content (AvgIpc) is 3.78. The Hall–Kier alpha value is -4.82. The SMILES string of the molecule is CC(C)(C)OC(=O)[C@@]1(C(=O)O)CCCN1C(=O)[C@H](COCc1ccccc1)NC(=O)[C@H](Cc1ccccc1)NC(=O)CNC(=O)[C@@H]1CCCN1. The zero-order chi connectivity index (χ0) is 36.3. The molecule has 0 aliphatic carbocycles. The van der Waals surface area contributed by atoms with Gasteiger partial charge in [0.1, 0.15) is 17.7 Å². The van der Waals surface area contributed by atoms with E-state index in [-0.39, 0.29) is 51.5 Å². The van der Waals surface area contributed by atoms with Gasteiger partial charge in [0.15, 0.2) is 0 Å². The van der Waals surface area contributed by atoms with Crippen LogP contribution >= 0.6 is 0 Å². The summed E-state index contributed by atoms with van der Waals surface area (Å²) in [6.45, 7) is 4.77. The molecule has 2 aliphatic rings. The zero-order valence-corrected chi connectivity index (χ0v) is 28.7. The standard InChI is InChI=1S/C36H47N5O9/c1-35(2,3)50-34(48)36(33(46)47)17-11-19-41(36)32(45)28(23-49-22-25-14-8-5-9-15-25)40-31(44)27(20-24-12-6-4-7-13-24)39-29(42)21-38-30(43)26-16-10-18-37-26/h4-9,12-15,26-28,37H,10-11,16-23H2,1-3H3,(H,38,43)(H,39,42)(H,40,44)(H,46,47)/t26-,27-,28-,36-/m0/s1. The van der Waals surface area contributed by atoms with Crippen LogP contribution in [0.5, 0.6) is 0 Å². The van der Waals surface area contributed by atoms with E-state index in [4.69, 9.17) is 9.47 Å². The highest BCUT2D eigenvalue weighted by molar-refractivity contribution is 6.08. The molecule has 0 aromatic heterocycles. The van der Waals surface area contributed by atoms with E-state index in [0.29, 0.717) is 18.5 Å². The van der Waals surface area contributed by atoms with E-state index < -0.39 is 58.9 Å². The molecule has 0 spiro atoms. The van der Waals surface area contributed by atoms with Gasteiger partial charge in [0.05, 0.1) is 25.8 Å². The summed E-state index contributed by atoms with van der Waals surface area (Å²) in [5.74, 6) is -5.16. The van der Waals surface area contributed by atoms with Crippen molar-refractivity contribution in [2.24, 2.45) is 0 Å². The molecule has 4 atom stereocenters. The lowest BCUT2D eigenvalue weighted by Gasteiger charge is -2.36. The fourth-order valence-corrected chi connectivity index (χ4v) is 6.01. The minimum atomic E-state index is -2.31. The van der Waals surface area contributed by atoms with Crippen LogP contribution in [0.1, 0.15) is 57.6 Å². The molecule has 0 unspecified atom stereocenters. The molecule has 270 valence electrons. The number of nitrogens with one attached hydrogen (secondary N) is 4. The van der Waals surface area contributed by atoms with Crippen molar-refractivity contribution in [3.63, 3.8) is 0 Å². The normalized spacial score (nSPS) is 20.0. The van der Waals surface area contributed by atoms with E-state index in [1.54, 1.807) is 51.1 Å². The summed E-state index contributed by atoms with van der Waals surface area (Å²) in [6, 6.07) is 15.0. The Kier molecular flexibility index (Phi) is 13.1. The van der Waals surface area contributed by atoms with Crippen LogP contribution in [0.15, 0.2) is 60.7 Å². The first-order valence-electron chi connectivity index (χ1n) is 16.8. The third kappa shape index (κ3) is 10.1. The summed E-state index contributed by atoms with van der Waals surface area (Å²) in [5.41, 5.74) is -1.83. The lowest BCUT2D eigenvalue weighted by molar-refractivity contribution is -0.181. The summed E-state index contributed by atoms with van der Waals surface area (Å²) in [5, 5.41) is 21.3. The second-order valence-electron chi connectivity index (χ2n) is 13.5. The Morgan fingerprint density at radius 2 is 1.60 bits per heavy atom. The van der Waals surface area contributed by atoms with Crippen molar-refractivity contribution in [3.05, 3.63) is 71.8 Å². The minimum Gasteiger partial charge on any atom is -0.479 e. The summed E-state index contributed by atoms with van der Waals surface area (Å²) in [6.07, 6.45) is 1.58. The largest absolute Gasteiger partial charge is 0.479 e. The molecule has 2 saturated heterocycles. The van der Waals surface area contributed by atoms with E-state index in [1.807, 2.05) is 30.3 Å². The number of benzene rings is 2. The molecule has 4 rings (SSSR count). The first kappa shape index (κ1) is 38.0. The summed E-state index contributed by atoms with van der Waals surface area (Å²) in [7, 11) is 0. The summed E-state index contributed by atoms with van der Waals surface area (Å²) >= 11 is 0. The fraction of sp³-hybridized carbons (Fsp3) is 0.500. The molecule has 2 heterocycles. The van der Waals surface area contributed by atoms with Crippen LogP contribution < -0.4 is 21.3 Å². The monoisotopic (exact) mass is 693 g/mol. The molecule has 0 saturated carbocycles. The van der Waals surface area contributed by atoms with Gasteiger partial charge in [-0.3, -0.25) is 19.2 Å². The van der Waals surface area contributed by atoms with Gasteiger partial charge in [-0.2, -0.15) is 0 Å². The van der Waals surface area contributed by atoms with Crippen molar-refractivity contribution in [2.75, 3.05) is 26.2 Å². The van der Waals surface area contributed by atoms with Crippen molar-refractivity contribution < 1.29 is 43.3 Å². The highest BCUT2D eigenvalue weighted by Gasteiger charge is 2.59. The van der Waals surface area contributed by atoms with Gasteiger partial charge in [-0.1, -0.05) is 60.7 Å². The third-order valence-electron chi connectivity index (χ3n) is 8.48. The number of hydrogen-bond donors (Lipinski definition) is 5. The molecule has 0 bridgehead atoms. The van der Waals surface area contributed by atoms with Crippen LogP contribution in [0.4, 0.5) is 0 Å². The van der Waals surface area contributed by atoms with Crippen molar-refractivity contribution in [1.82, 2.24) is 26.2 Å². The van der Waals surface area contributed by atoms with Crippen LogP contribution in [-0.4, -0.2) is 101 Å². The molecule has 4 amide bonds. The minimum absolute atomic E-state index is 0.0447. The number of hydrogen-bond acceptors (Lipinski definition) is 9. The van der Waals surface area contributed by atoms with Gasteiger partial charge in [0.2, 0.25) is 29.2 Å². The first-order chi connectivity index (χ1) is 23.8. The molecule has 50 heavy (non-hydrogen) atoms. The first-order valence-corrected chi connectivity index (χ1v) is 16.8. The van der Waals surface area contributed by atoms with Crippen LogP contribution in [0, 0.1) is 0 Å². The topological polar surface area (TPSA) is 192 Å². The number of carboxylic acids is 1. The van der Waals surface area contributed by atoms with Crippen LogP contribution in [0.2, 0.25) is 0 Å². The summed E-state index contributed by atoms with van der Waals surface area (Å²) < 4.78 is 11.3. The van der Waals surface area contributed by atoms with Gasteiger partial charge in [-0.25, -0.2) is 9.59 Å². The third-order valence-corrected chi connectivity index (χ3v) is 8.48. The Morgan fingerprint density at radius 3 is 2.20 bits per heavy atom. The number of carboxylic acid groups (broad SMARTS) is 1. The van der Waals surface area contributed by atoms with Crippen molar-refractivity contribution in [1.29, 1.82) is 0 Å². The number of carbonyl (C=O) groups is 6. The molecule has 2 aromatic carbocycles. The Balaban J connectivity index is 1.56. The number of likely N-dealkylation sites (tertiary alicyclic amines) is 1. The van der Waals surface area contributed by atoms with E-state index >= 15 is 0 Å². The predicted molar refractivity (Wildman–Crippen MR) is 181 cm³/mol. The van der Waals surface area contributed by atoms with Crippen molar-refractivity contribution in [3.8, 4) is 0 Å². The molecule has 2 fully saturated rings. The predicted octanol–water partition coefficient (Wildman–Crippen LogP) is 1.07. The van der Waals surface area contributed by atoms with Gasteiger partial charge < -0.3 is 40.7 Å². The van der Waals surface area contributed by atoms with E-state index in [9.17, 15) is 33.9 Å². The van der Waals surface area contributed by atoms with Crippen molar-refractivity contribution >= 4 is 35.6 Å². The van der Waals surface area contributed by atoms with Gasteiger partial charge >= 0.3 is 11.9 Å². The maximum Gasteiger partial charge on any atom is 0.344 e. The Morgan fingerprint density at radius 1 is 0.940 bits per heavy atom. The average molecular weight is 694 g/mol. The van der Waals surface area contributed by atoms with Crippen LogP contribution in [0.3, 0.4) is 0 Å². The second kappa shape index (κ2) is 17.2. The maximum absolute atomic E-state index is 14.2. The second-order valence-corrected chi connectivity index (χ2v) is 13.5. The molecule has 2 aromatic rings. The Labute approximate surface area is 291 Å². The highest BCUT2D eigenvalue weighted by atomic mass is 16.6. The molecule has 14 heteroatoms. The number of nitrogens with zero attached hydrogens (tertiary/aromatic N) is 1. The number of ether oxygens (including phenoxy) is 2. The van der Waals surface area contributed by atoms with Crippen LogP contribution in [-0.2, 0) is 51.3 Å². The number of carbonyl (C=O) groups excluding carboxylic acids is 5. The molecule has 14 nitrogen and oxygen atoms in total. The van der Waals surface area contributed by atoms with Gasteiger partial charge in [-0.05, 0) is 64.1 Å². The molecule has 5 N–H and O–H groups in total. The number of rotatable bonds is 15. The molecule has 2 aliphatic heterocycles. The molecular weight excluding hydrogens is 646 g/mol. The zero-order valence-electron chi connectivity index (χ0n) is 28.7. The smallest absolute Gasteiger partial charge is 0.344 e. The fourth-order valence-electron chi connectivity index (χ4n) is 6.01. The van der Waals surface area contributed by atoms with Crippen LogP contribution in [0.25, 0.3) is 0 Å². The molecule has 0 radical (unpaired) electrons. The van der Waals surface area contributed by atoms with E-state index in [0.717, 1.165) is 16.9 Å². The van der Waals surface area contributed by atoms with E-state index in [2.05, 4.69) is 21.3 Å². The number of aliphatic carboxylic acids is 1. The Bertz CT molecular complexity index is 1510.